The Hall–Kier alpha value is -3.68. The summed E-state index contributed by atoms with van der Waals surface area (Å²) in [5.41, 5.74) is 0.765. The van der Waals surface area contributed by atoms with Crippen LogP contribution >= 0.6 is 0 Å². The standard InChI is InChI=1S/C20H16N2O6/c1-12-21-18(28-22-12)11-27-20(24)15-5-3-2-4-14(15)19(23)13-6-7-16-17(10-13)26-9-8-25-16/h2-7,10H,8-9,11H2,1H3. The summed E-state index contributed by atoms with van der Waals surface area (Å²) in [6.07, 6.45) is 0. The van der Waals surface area contributed by atoms with Gasteiger partial charge in [-0.3, -0.25) is 4.79 Å². The number of rotatable bonds is 5. The van der Waals surface area contributed by atoms with Crippen molar-refractivity contribution in [2.45, 2.75) is 13.5 Å². The summed E-state index contributed by atoms with van der Waals surface area (Å²) in [7, 11) is 0. The molecule has 0 bridgehead atoms. The van der Waals surface area contributed by atoms with Gasteiger partial charge in [0.2, 0.25) is 0 Å². The summed E-state index contributed by atoms with van der Waals surface area (Å²) >= 11 is 0. The molecule has 0 atom stereocenters. The number of esters is 1. The van der Waals surface area contributed by atoms with Crippen molar-refractivity contribution in [1.82, 2.24) is 10.1 Å². The first kappa shape index (κ1) is 17.7. The Morgan fingerprint density at radius 3 is 2.54 bits per heavy atom. The zero-order valence-electron chi connectivity index (χ0n) is 15.0. The van der Waals surface area contributed by atoms with Crippen LogP contribution in [0.3, 0.4) is 0 Å². The fraction of sp³-hybridized carbons (Fsp3) is 0.200. The maximum Gasteiger partial charge on any atom is 0.339 e. The van der Waals surface area contributed by atoms with Gasteiger partial charge in [0.15, 0.2) is 29.7 Å². The molecular formula is C20H16N2O6. The van der Waals surface area contributed by atoms with E-state index in [1.165, 1.54) is 6.07 Å². The number of aromatic nitrogens is 2. The molecule has 142 valence electrons. The number of ketones is 1. The SMILES string of the molecule is Cc1noc(COC(=O)c2ccccc2C(=O)c2ccc3c(c2)OCCO3)n1. The zero-order chi connectivity index (χ0) is 19.5. The normalized spacial score (nSPS) is 12.5. The van der Waals surface area contributed by atoms with E-state index < -0.39 is 5.97 Å². The van der Waals surface area contributed by atoms with Gasteiger partial charge in [0.1, 0.15) is 13.2 Å². The average Bonchev–Trinajstić information content (AvgIpc) is 3.16. The summed E-state index contributed by atoms with van der Waals surface area (Å²) < 4.78 is 21.1. The molecule has 0 aliphatic carbocycles. The molecule has 0 fully saturated rings. The van der Waals surface area contributed by atoms with Gasteiger partial charge < -0.3 is 18.7 Å². The molecule has 1 aromatic heterocycles. The van der Waals surface area contributed by atoms with E-state index in [-0.39, 0.29) is 29.4 Å². The molecule has 0 saturated carbocycles. The largest absolute Gasteiger partial charge is 0.486 e. The number of ether oxygens (including phenoxy) is 3. The smallest absolute Gasteiger partial charge is 0.339 e. The van der Waals surface area contributed by atoms with Crippen LogP contribution in [0.2, 0.25) is 0 Å². The number of hydrogen-bond donors (Lipinski definition) is 0. The number of carbonyl (C=O) groups excluding carboxylic acids is 2. The first-order valence-electron chi connectivity index (χ1n) is 8.61. The average molecular weight is 380 g/mol. The molecule has 0 spiro atoms. The van der Waals surface area contributed by atoms with E-state index in [0.29, 0.717) is 36.1 Å². The number of fused-ring (bicyclic) bond motifs is 1. The number of hydrogen-bond acceptors (Lipinski definition) is 8. The van der Waals surface area contributed by atoms with Crippen LogP contribution in [0.25, 0.3) is 0 Å². The number of nitrogens with zero attached hydrogens (tertiary/aromatic N) is 2. The zero-order valence-corrected chi connectivity index (χ0v) is 15.0. The minimum absolute atomic E-state index is 0.152. The predicted molar refractivity (Wildman–Crippen MR) is 95.5 cm³/mol. The lowest BCUT2D eigenvalue weighted by molar-refractivity contribution is 0.0427. The van der Waals surface area contributed by atoms with Crippen molar-refractivity contribution in [3.63, 3.8) is 0 Å². The monoisotopic (exact) mass is 380 g/mol. The van der Waals surface area contributed by atoms with Crippen molar-refractivity contribution >= 4 is 11.8 Å². The molecule has 3 aromatic rings. The van der Waals surface area contributed by atoms with Crippen LogP contribution < -0.4 is 9.47 Å². The summed E-state index contributed by atoms with van der Waals surface area (Å²) in [5.74, 6) is 0.742. The highest BCUT2D eigenvalue weighted by Crippen LogP contribution is 2.31. The topological polar surface area (TPSA) is 101 Å². The second-order valence-corrected chi connectivity index (χ2v) is 6.04. The van der Waals surface area contributed by atoms with Gasteiger partial charge in [-0.25, -0.2) is 4.79 Å². The second-order valence-electron chi connectivity index (χ2n) is 6.04. The molecule has 0 unspecified atom stereocenters. The third-order valence-electron chi connectivity index (χ3n) is 4.09. The van der Waals surface area contributed by atoms with E-state index >= 15 is 0 Å². The molecule has 8 heteroatoms. The van der Waals surface area contributed by atoms with Crippen LogP contribution in [0.15, 0.2) is 47.0 Å². The van der Waals surface area contributed by atoms with Gasteiger partial charge in [-0.2, -0.15) is 4.98 Å². The van der Waals surface area contributed by atoms with Crippen molar-refractivity contribution in [3.05, 3.63) is 70.9 Å². The lowest BCUT2D eigenvalue weighted by Gasteiger charge is -2.18. The van der Waals surface area contributed by atoms with Crippen LogP contribution in [0.4, 0.5) is 0 Å². The molecule has 2 heterocycles. The Morgan fingerprint density at radius 1 is 1.04 bits per heavy atom. The van der Waals surface area contributed by atoms with Crippen LogP contribution in [-0.2, 0) is 11.3 Å². The lowest BCUT2D eigenvalue weighted by atomic mass is 9.98. The Kier molecular flexibility index (Phi) is 4.76. The number of carbonyl (C=O) groups is 2. The van der Waals surface area contributed by atoms with Crippen LogP contribution in [0.1, 0.15) is 38.0 Å². The van der Waals surface area contributed by atoms with Crippen LogP contribution in [-0.4, -0.2) is 35.1 Å². The molecule has 0 amide bonds. The Bertz CT molecular complexity index is 1040. The Labute approximate surface area is 160 Å². The van der Waals surface area contributed by atoms with Crippen molar-refractivity contribution in [1.29, 1.82) is 0 Å². The highest BCUT2D eigenvalue weighted by molar-refractivity contribution is 6.14. The minimum Gasteiger partial charge on any atom is -0.486 e. The van der Waals surface area contributed by atoms with Crippen molar-refractivity contribution < 1.29 is 28.3 Å². The van der Waals surface area contributed by atoms with E-state index in [9.17, 15) is 9.59 Å². The second kappa shape index (κ2) is 7.51. The quantitative estimate of drug-likeness (QED) is 0.492. The molecule has 0 saturated heterocycles. The predicted octanol–water partition coefficient (Wildman–Crippen LogP) is 2.74. The number of benzene rings is 2. The maximum atomic E-state index is 13.0. The molecule has 0 N–H and O–H groups in total. The lowest BCUT2D eigenvalue weighted by Crippen LogP contribution is -2.16. The van der Waals surface area contributed by atoms with Gasteiger partial charge in [0.25, 0.3) is 5.89 Å². The van der Waals surface area contributed by atoms with Gasteiger partial charge in [-0.1, -0.05) is 23.4 Å². The van der Waals surface area contributed by atoms with Gasteiger partial charge in [-0.05, 0) is 31.2 Å². The van der Waals surface area contributed by atoms with E-state index in [1.807, 2.05) is 0 Å². The van der Waals surface area contributed by atoms with E-state index in [2.05, 4.69) is 10.1 Å². The molecule has 28 heavy (non-hydrogen) atoms. The molecule has 4 rings (SSSR count). The third-order valence-corrected chi connectivity index (χ3v) is 4.09. The van der Waals surface area contributed by atoms with Gasteiger partial charge in [0, 0.05) is 11.1 Å². The molecular weight excluding hydrogens is 364 g/mol. The van der Waals surface area contributed by atoms with Gasteiger partial charge >= 0.3 is 5.97 Å². The summed E-state index contributed by atoms with van der Waals surface area (Å²) in [6, 6.07) is 11.4. The highest BCUT2D eigenvalue weighted by Gasteiger charge is 2.22. The first-order chi connectivity index (χ1) is 13.6. The molecule has 2 aromatic carbocycles. The molecule has 0 radical (unpaired) electrons. The van der Waals surface area contributed by atoms with Crippen LogP contribution in [0, 0.1) is 6.92 Å². The van der Waals surface area contributed by atoms with E-state index in [0.717, 1.165) is 0 Å². The minimum atomic E-state index is -0.655. The summed E-state index contributed by atoms with van der Waals surface area (Å²) in [4.78, 5) is 29.5. The van der Waals surface area contributed by atoms with Crippen LogP contribution in [0.5, 0.6) is 11.5 Å². The Morgan fingerprint density at radius 2 is 1.79 bits per heavy atom. The number of aryl methyl sites for hydroxylation is 1. The van der Waals surface area contributed by atoms with Gasteiger partial charge in [0.05, 0.1) is 5.56 Å². The fourth-order valence-corrected chi connectivity index (χ4v) is 2.80. The summed E-state index contributed by atoms with van der Waals surface area (Å²) in [6.45, 7) is 2.37. The highest BCUT2D eigenvalue weighted by atomic mass is 16.6. The van der Waals surface area contributed by atoms with E-state index in [4.69, 9.17) is 18.7 Å². The van der Waals surface area contributed by atoms with Crippen molar-refractivity contribution in [2.75, 3.05) is 13.2 Å². The fourth-order valence-electron chi connectivity index (χ4n) is 2.80. The molecule has 1 aliphatic rings. The summed E-state index contributed by atoms with van der Waals surface area (Å²) in [5, 5.41) is 3.63. The molecule has 8 nitrogen and oxygen atoms in total. The maximum absolute atomic E-state index is 13.0. The molecule has 1 aliphatic heterocycles. The first-order valence-corrected chi connectivity index (χ1v) is 8.61. The Balaban J connectivity index is 1.56. The van der Waals surface area contributed by atoms with Gasteiger partial charge in [-0.15, -0.1) is 0 Å². The third kappa shape index (κ3) is 3.57. The van der Waals surface area contributed by atoms with E-state index in [1.54, 1.807) is 43.3 Å². The van der Waals surface area contributed by atoms with Crippen molar-refractivity contribution in [2.24, 2.45) is 0 Å². The van der Waals surface area contributed by atoms with Crippen molar-refractivity contribution in [3.8, 4) is 11.5 Å².